The Morgan fingerprint density at radius 2 is 2.05 bits per heavy atom. The highest BCUT2D eigenvalue weighted by atomic mass is 16.1. The smallest absolute Gasteiger partial charge is 0.251 e. The number of hydrogen-bond acceptors (Lipinski definition) is 3. The number of piperidine rings is 1. The Bertz CT molecular complexity index is 473. The minimum absolute atomic E-state index is 0.0242. The molecule has 2 rings (SSSR count). The Hall–Kier alpha value is -1.39. The van der Waals surface area contributed by atoms with E-state index in [9.17, 15) is 4.79 Å². The van der Waals surface area contributed by atoms with Gasteiger partial charge >= 0.3 is 0 Å². The second-order valence-corrected chi connectivity index (χ2v) is 5.06. The number of aromatic nitrogens is 1. The van der Waals surface area contributed by atoms with Gasteiger partial charge in [0, 0.05) is 24.8 Å². The van der Waals surface area contributed by atoms with Crippen molar-refractivity contribution in [3.63, 3.8) is 0 Å². The van der Waals surface area contributed by atoms with Crippen LogP contribution in [0.25, 0.3) is 0 Å². The van der Waals surface area contributed by atoms with Crippen LogP contribution in [0.4, 0.5) is 0 Å². The topological polar surface area (TPSA) is 62.1 Å². The summed E-state index contributed by atoms with van der Waals surface area (Å²) in [7, 11) is 0. The normalized spacial score (nSPS) is 17.1. The van der Waals surface area contributed by atoms with Crippen LogP contribution < -0.4 is 11.3 Å². The Morgan fingerprint density at radius 3 is 2.79 bits per heavy atom. The van der Waals surface area contributed by atoms with Crippen molar-refractivity contribution in [2.45, 2.75) is 32.2 Å². The van der Waals surface area contributed by atoms with Crippen LogP contribution in [0.5, 0.6) is 0 Å². The van der Waals surface area contributed by atoms with Crippen molar-refractivity contribution in [3.8, 4) is 0 Å². The van der Waals surface area contributed by atoms with Crippen molar-refractivity contribution in [2.24, 2.45) is 5.73 Å². The standard InChI is InChI=1S/C15H23N3O/c16-8-3-2-6-14-13(7-9-17-15(14)19)12-18-10-4-1-5-11-18/h2-3,7,9H,1,4-6,8,10-12,16H2,(H,17,19). The first-order chi connectivity index (χ1) is 9.31. The van der Waals surface area contributed by atoms with Gasteiger partial charge in [-0.25, -0.2) is 0 Å². The van der Waals surface area contributed by atoms with E-state index < -0.39 is 0 Å². The quantitative estimate of drug-likeness (QED) is 0.788. The summed E-state index contributed by atoms with van der Waals surface area (Å²) in [5, 5.41) is 0. The fraction of sp³-hybridized carbons (Fsp3) is 0.533. The largest absolute Gasteiger partial charge is 0.329 e. The molecule has 0 saturated carbocycles. The lowest BCUT2D eigenvalue weighted by atomic mass is 10.0. The average molecular weight is 261 g/mol. The van der Waals surface area contributed by atoms with E-state index in [2.05, 4.69) is 9.88 Å². The van der Waals surface area contributed by atoms with Gasteiger partial charge in [-0.3, -0.25) is 9.69 Å². The molecule has 1 aliphatic rings. The fourth-order valence-electron chi connectivity index (χ4n) is 2.58. The number of allylic oxidation sites excluding steroid dienone is 1. The van der Waals surface area contributed by atoms with Crippen molar-refractivity contribution in [2.75, 3.05) is 19.6 Å². The van der Waals surface area contributed by atoms with Crippen LogP contribution in [-0.2, 0) is 13.0 Å². The predicted molar refractivity (Wildman–Crippen MR) is 78.1 cm³/mol. The SMILES string of the molecule is NCC=CCc1c(CN2CCCCC2)cc[nH]c1=O. The van der Waals surface area contributed by atoms with Crippen molar-refractivity contribution < 1.29 is 0 Å². The molecule has 2 heterocycles. The molecule has 4 heteroatoms. The lowest BCUT2D eigenvalue weighted by Gasteiger charge is -2.27. The summed E-state index contributed by atoms with van der Waals surface area (Å²) < 4.78 is 0. The molecule has 4 nitrogen and oxygen atoms in total. The highest BCUT2D eigenvalue weighted by Crippen LogP contribution is 2.14. The first-order valence-corrected chi connectivity index (χ1v) is 7.08. The van der Waals surface area contributed by atoms with Gasteiger partial charge in [0.2, 0.25) is 0 Å². The molecule has 0 radical (unpaired) electrons. The Labute approximate surface area is 114 Å². The van der Waals surface area contributed by atoms with Crippen molar-refractivity contribution >= 4 is 0 Å². The van der Waals surface area contributed by atoms with E-state index in [-0.39, 0.29) is 5.56 Å². The zero-order chi connectivity index (χ0) is 13.5. The van der Waals surface area contributed by atoms with Gasteiger partial charge in [0.1, 0.15) is 0 Å². The zero-order valence-corrected chi connectivity index (χ0v) is 11.4. The lowest BCUT2D eigenvalue weighted by Crippen LogP contribution is -2.30. The minimum Gasteiger partial charge on any atom is -0.329 e. The number of likely N-dealkylation sites (tertiary alicyclic amines) is 1. The zero-order valence-electron chi connectivity index (χ0n) is 11.4. The Morgan fingerprint density at radius 1 is 1.26 bits per heavy atom. The maximum atomic E-state index is 11.9. The van der Waals surface area contributed by atoms with Gasteiger partial charge in [0.25, 0.3) is 5.56 Å². The molecule has 0 aliphatic carbocycles. The maximum absolute atomic E-state index is 11.9. The van der Waals surface area contributed by atoms with Crippen LogP contribution in [0.3, 0.4) is 0 Å². The van der Waals surface area contributed by atoms with Crippen LogP contribution in [0, 0.1) is 0 Å². The first kappa shape index (κ1) is 14.0. The Balaban J connectivity index is 2.11. The molecular formula is C15H23N3O. The number of nitrogens with zero attached hydrogens (tertiary/aromatic N) is 1. The van der Waals surface area contributed by atoms with Crippen LogP contribution in [0.2, 0.25) is 0 Å². The van der Waals surface area contributed by atoms with Gasteiger partial charge in [-0.1, -0.05) is 18.6 Å². The molecule has 0 aromatic carbocycles. The van der Waals surface area contributed by atoms with Crippen LogP contribution in [0.1, 0.15) is 30.4 Å². The third-order valence-corrected chi connectivity index (χ3v) is 3.63. The molecule has 0 unspecified atom stereocenters. The van der Waals surface area contributed by atoms with Gasteiger partial charge in [0.15, 0.2) is 0 Å². The molecule has 0 bridgehead atoms. The number of nitrogens with one attached hydrogen (secondary N) is 1. The van der Waals surface area contributed by atoms with E-state index in [1.807, 2.05) is 18.2 Å². The van der Waals surface area contributed by atoms with E-state index in [1.165, 1.54) is 19.3 Å². The number of rotatable bonds is 5. The van der Waals surface area contributed by atoms with Crippen LogP contribution >= 0.6 is 0 Å². The molecule has 19 heavy (non-hydrogen) atoms. The molecule has 0 amide bonds. The van der Waals surface area contributed by atoms with Gasteiger partial charge in [-0.05, 0) is 44.0 Å². The average Bonchev–Trinajstić information content (AvgIpc) is 2.43. The number of aromatic amines is 1. The monoisotopic (exact) mass is 261 g/mol. The second kappa shape index (κ2) is 7.26. The molecule has 1 aromatic heterocycles. The molecule has 3 N–H and O–H groups in total. The van der Waals surface area contributed by atoms with Gasteiger partial charge in [0.05, 0.1) is 0 Å². The summed E-state index contributed by atoms with van der Waals surface area (Å²) in [5.74, 6) is 0. The molecule has 104 valence electrons. The summed E-state index contributed by atoms with van der Waals surface area (Å²) >= 11 is 0. The minimum atomic E-state index is 0.0242. The second-order valence-electron chi connectivity index (χ2n) is 5.06. The Kier molecular flexibility index (Phi) is 5.36. The summed E-state index contributed by atoms with van der Waals surface area (Å²) in [6, 6.07) is 2.03. The molecule has 1 fully saturated rings. The van der Waals surface area contributed by atoms with E-state index >= 15 is 0 Å². The van der Waals surface area contributed by atoms with E-state index in [0.29, 0.717) is 13.0 Å². The number of hydrogen-bond donors (Lipinski definition) is 2. The van der Waals surface area contributed by atoms with Gasteiger partial charge < -0.3 is 10.7 Å². The van der Waals surface area contributed by atoms with E-state index in [4.69, 9.17) is 5.73 Å². The fourth-order valence-corrected chi connectivity index (χ4v) is 2.58. The molecule has 1 aliphatic heterocycles. The van der Waals surface area contributed by atoms with Crippen molar-refractivity contribution in [3.05, 3.63) is 45.9 Å². The predicted octanol–water partition coefficient (Wildman–Crippen LogP) is 1.42. The molecule has 0 spiro atoms. The number of pyridine rings is 1. The summed E-state index contributed by atoms with van der Waals surface area (Å²) in [4.78, 5) is 17.1. The third-order valence-electron chi connectivity index (χ3n) is 3.63. The van der Waals surface area contributed by atoms with Crippen LogP contribution in [-0.4, -0.2) is 29.5 Å². The molecule has 1 aromatic rings. The molecular weight excluding hydrogens is 238 g/mol. The summed E-state index contributed by atoms with van der Waals surface area (Å²) in [5.41, 5.74) is 7.48. The number of H-pyrrole nitrogens is 1. The number of nitrogens with two attached hydrogens (primary N) is 1. The maximum Gasteiger partial charge on any atom is 0.251 e. The summed E-state index contributed by atoms with van der Waals surface area (Å²) in [6.07, 6.45) is 10.2. The highest BCUT2D eigenvalue weighted by molar-refractivity contribution is 5.25. The van der Waals surface area contributed by atoms with Gasteiger partial charge in [-0.15, -0.1) is 0 Å². The highest BCUT2D eigenvalue weighted by Gasteiger charge is 2.13. The first-order valence-electron chi connectivity index (χ1n) is 7.08. The lowest BCUT2D eigenvalue weighted by molar-refractivity contribution is 0.220. The third kappa shape index (κ3) is 4.04. The molecule has 1 saturated heterocycles. The summed E-state index contributed by atoms with van der Waals surface area (Å²) in [6.45, 7) is 3.69. The molecule has 0 atom stereocenters. The van der Waals surface area contributed by atoms with E-state index in [1.54, 1.807) is 6.20 Å². The van der Waals surface area contributed by atoms with E-state index in [0.717, 1.165) is 30.8 Å². The van der Waals surface area contributed by atoms with Crippen molar-refractivity contribution in [1.82, 2.24) is 9.88 Å². The van der Waals surface area contributed by atoms with Crippen LogP contribution in [0.15, 0.2) is 29.2 Å². The van der Waals surface area contributed by atoms with Gasteiger partial charge in [-0.2, -0.15) is 0 Å². The van der Waals surface area contributed by atoms with Crippen molar-refractivity contribution in [1.29, 1.82) is 0 Å².